The van der Waals surface area contributed by atoms with Crippen molar-refractivity contribution in [1.82, 2.24) is 4.98 Å². The van der Waals surface area contributed by atoms with Crippen LogP contribution in [0.4, 0.5) is 0 Å². The number of carbonyl (C=O) groups is 2. The molecule has 2 N–H and O–H groups in total. The lowest BCUT2D eigenvalue weighted by molar-refractivity contribution is -0.159. The van der Waals surface area contributed by atoms with Gasteiger partial charge in [-0.05, 0) is 36.4 Å². The number of H-pyrrole nitrogens is 1. The van der Waals surface area contributed by atoms with Crippen LogP contribution in [0.2, 0.25) is 0 Å². The monoisotopic (exact) mass is 374 g/mol. The summed E-state index contributed by atoms with van der Waals surface area (Å²) >= 11 is 0. The first-order valence-electron chi connectivity index (χ1n) is 8.47. The van der Waals surface area contributed by atoms with Gasteiger partial charge in [0.1, 0.15) is 0 Å². The van der Waals surface area contributed by atoms with Crippen molar-refractivity contribution in [2.45, 2.75) is 25.3 Å². The SMILES string of the molecule is COC(=O)C(CCC(N=[N+]=[N-])c1[nH]c2ccccc2c1CCO)C(=O)OC. The van der Waals surface area contributed by atoms with Gasteiger partial charge in [0.15, 0.2) is 5.92 Å². The summed E-state index contributed by atoms with van der Waals surface area (Å²) in [6.45, 7) is -0.0647. The van der Waals surface area contributed by atoms with E-state index in [1.165, 1.54) is 14.2 Å². The number of esters is 2. The number of fused-ring (bicyclic) bond motifs is 1. The molecule has 27 heavy (non-hydrogen) atoms. The zero-order valence-electron chi connectivity index (χ0n) is 15.2. The lowest BCUT2D eigenvalue weighted by Gasteiger charge is -2.16. The first-order chi connectivity index (χ1) is 13.1. The standard InChI is InChI=1S/C18H22N4O5/c1-26-17(24)13(18(25)27-2)7-8-15(21-22-19)16-12(9-10-23)11-5-3-4-6-14(11)20-16/h3-6,13,15,20,23H,7-10H2,1-2H3. The molecule has 9 heteroatoms. The summed E-state index contributed by atoms with van der Waals surface area (Å²) < 4.78 is 9.32. The summed E-state index contributed by atoms with van der Waals surface area (Å²) in [6, 6.07) is 6.92. The summed E-state index contributed by atoms with van der Waals surface area (Å²) in [5.41, 5.74) is 11.3. The van der Waals surface area contributed by atoms with Crippen molar-refractivity contribution in [2.75, 3.05) is 20.8 Å². The summed E-state index contributed by atoms with van der Waals surface area (Å²) in [5.74, 6) is -2.50. The largest absolute Gasteiger partial charge is 0.468 e. The zero-order valence-corrected chi connectivity index (χ0v) is 15.2. The summed E-state index contributed by atoms with van der Waals surface area (Å²) in [6.07, 6.45) is 0.704. The predicted octanol–water partition coefficient (Wildman–Crippen LogP) is 2.80. The lowest BCUT2D eigenvalue weighted by atomic mass is 9.96. The Labute approximate surface area is 155 Å². The third-order valence-corrected chi connectivity index (χ3v) is 4.43. The topological polar surface area (TPSA) is 137 Å². The first-order valence-corrected chi connectivity index (χ1v) is 8.47. The Kier molecular flexibility index (Phi) is 7.22. The number of rotatable bonds is 9. The van der Waals surface area contributed by atoms with Crippen LogP contribution in [-0.2, 0) is 25.5 Å². The van der Waals surface area contributed by atoms with Crippen LogP contribution in [-0.4, -0.2) is 42.9 Å². The van der Waals surface area contributed by atoms with Crippen molar-refractivity contribution in [2.24, 2.45) is 11.0 Å². The van der Waals surface area contributed by atoms with Crippen LogP contribution in [0, 0.1) is 5.92 Å². The van der Waals surface area contributed by atoms with E-state index < -0.39 is 23.9 Å². The van der Waals surface area contributed by atoms with Crippen LogP contribution < -0.4 is 0 Å². The highest BCUT2D eigenvalue weighted by Crippen LogP contribution is 2.33. The molecule has 2 rings (SSSR count). The molecule has 1 aromatic carbocycles. The Bertz CT molecular complexity index is 841. The van der Waals surface area contributed by atoms with Crippen LogP contribution in [0.15, 0.2) is 29.4 Å². The Morgan fingerprint density at radius 3 is 2.48 bits per heavy atom. The predicted molar refractivity (Wildman–Crippen MR) is 97.7 cm³/mol. The van der Waals surface area contributed by atoms with Crippen molar-refractivity contribution < 1.29 is 24.2 Å². The number of nitrogens with zero attached hydrogens (tertiary/aromatic N) is 3. The maximum absolute atomic E-state index is 11.9. The Morgan fingerprint density at radius 1 is 1.22 bits per heavy atom. The number of aliphatic hydroxyl groups excluding tert-OH is 1. The van der Waals surface area contributed by atoms with Gasteiger partial charge in [0.05, 0.1) is 20.3 Å². The molecule has 0 amide bonds. The number of methoxy groups -OCH3 is 2. The van der Waals surface area contributed by atoms with E-state index in [1.54, 1.807) is 0 Å². The van der Waals surface area contributed by atoms with E-state index in [0.717, 1.165) is 16.5 Å². The van der Waals surface area contributed by atoms with E-state index in [-0.39, 0.29) is 19.4 Å². The molecule has 0 fully saturated rings. The first kappa shape index (κ1) is 20.3. The number of nitrogens with one attached hydrogen (secondary N) is 1. The van der Waals surface area contributed by atoms with E-state index in [2.05, 4.69) is 24.5 Å². The normalized spacial score (nSPS) is 11.9. The van der Waals surface area contributed by atoms with E-state index in [4.69, 9.17) is 5.53 Å². The van der Waals surface area contributed by atoms with E-state index in [1.807, 2.05) is 24.3 Å². The number of para-hydroxylation sites is 1. The second kappa shape index (κ2) is 9.61. The van der Waals surface area contributed by atoms with Gasteiger partial charge < -0.3 is 19.6 Å². The van der Waals surface area contributed by atoms with Gasteiger partial charge in [-0.15, -0.1) is 0 Å². The molecule has 0 bridgehead atoms. The summed E-state index contributed by atoms with van der Waals surface area (Å²) in [7, 11) is 2.39. The van der Waals surface area contributed by atoms with E-state index in [9.17, 15) is 14.7 Å². The highest BCUT2D eigenvalue weighted by Gasteiger charge is 2.30. The Morgan fingerprint density at radius 2 is 1.89 bits per heavy atom. The minimum atomic E-state index is -1.10. The molecule has 9 nitrogen and oxygen atoms in total. The smallest absolute Gasteiger partial charge is 0.320 e. The fourth-order valence-corrected chi connectivity index (χ4v) is 3.15. The highest BCUT2D eigenvalue weighted by molar-refractivity contribution is 5.94. The van der Waals surface area contributed by atoms with Gasteiger partial charge in [-0.3, -0.25) is 9.59 Å². The van der Waals surface area contributed by atoms with Gasteiger partial charge in [-0.1, -0.05) is 23.3 Å². The zero-order chi connectivity index (χ0) is 19.8. The van der Waals surface area contributed by atoms with Crippen molar-refractivity contribution in [3.05, 3.63) is 46.0 Å². The molecule has 2 aromatic rings. The van der Waals surface area contributed by atoms with Gasteiger partial charge in [-0.25, -0.2) is 0 Å². The number of aliphatic hydroxyl groups is 1. The van der Waals surface area contributed by atoms with Crippen molar-refractivity contribution >= 4 is 22.8 Å². The number of benzene rings is 1. The van der Waals surface area contributed by atoms with E-state index in [0.29, 0.717) is 12.1 Å². The molecule has 0 aliphatic heterocycles. The second-order valence-electron chi connectivity index (χ2n) is 5.93. The highest BCUT2D eigenvalue weighted by atomic mass is 16.5. The van der Waals surface area contributed by atoms with Gasteiger partial charge in [0.2, 0.25) is 0 Å². The van der Waals surface area contributed by atoms with Crippen molar-refractivity contribution in [3.8, 4) is 0 Å². The summed E-state index contributed by atoms with van der Waals surface area (Å²) in [4.78, 5) is 29.9. The number of hydrogen-bond acceptors (Lipinski definition) is 6. The third kappa shape index (κ3) is 4.58. The molecule has 0 saturated heterocycles. The van der Waals surface area contributed by atoms with Crippen molar-refractivity contribution in [1.29, 1.82) is 0 Å². The molecule has 0 radical (unpaired) electrons. The minimum absolute atomic E-state index is 0.0647. The van der Waals surface area contributed by atoms with Gasteiger partial charge in [0.25, 0.3) is 0 Å². The van der Waals surface area contributed by atoms with E-state index >= 15 is 0 Å². The molecule has 0 spiro atoms. The maximum atomic E-state index is 11.9. The molecule has 1 aromatic heterocycles. The lowest BCUT2D eigenvalue weighted by Crippen LogP contribution is -2.27. The number of azide groups is 1. The molecule has 1 unspecified atom stereocenters. The number of aromatic amines is 1. The number of aromatic nitrogens is 1. The average molecular weight is 374 g/mol. The maximum Gasteiger partial charge on any atom is 0.320 e. The van der Waals surface area contributed by atoms with Crippen molar-refractivity contribution in [3.63, 3.8) is 0 Å². The Balaban J connectivity index is 2.36. The van der Waals surface area contributed by atoms with Gasteiger partial charge >= 0.3 is 11.9 Å². The third-order valence-electron chi connectivity index (χ3n) is 4.43. The van der Waals surface area contributed by atoms with Gasteiger partial charge in [0, 0.05) is 28.1 Å². The number of hydrogen-bond donors (Lipinski definition) is 2. The minimum Gasteiger partial charge on any atom is -0.468 e. The van der Waals surface area contributed by atoms with Crippen LogP contribution in [0.1, 0.15) is 30.1 Å². The summed E-state index contributed by atoms with van der Waals surface area (Å²) in [5, 5.41) is 14.2. The molecule has 0 aliphatic rings. The Hall–Kier alpha value is -3.03. The number of carbonyl (C=O) groups excluding carboxylic acids is 2. The molecule has 1 heterocycles. The van der Waals surface area contributed by atoms with Crippen LogP contribution >= 0.6 is 0 Å². The second-order valence-corrected chi connectivity index (χ2v) is 5.93. The molecule has 0 saturated carbocycles. The average Bonchev–Trinajstić information content (AvgIpc) is 3.05. The molecular formula is C18H22N4O5. The van der Waals surface area contributed by atoms with Gasteiger partial charge in [-0.2, -0.15) is 0 Å². The number of ether oxygens (including phenoxy) is 2. The molecule has 0 aliphatic carbocycles. The molecular weight excluding hydrogens is 352 g/mol. The quantitative estimate of drug-likeness (QED) is 0.228. The fraction of sp³-hybridized carbons (Fsp3) is 0.444. The molecule has 1 atom stereocenters. The van der Waals surface area contributed by atoms with Crippen LogP contribution in [0.25, 0.3) is 21.3 Å². The van der Waals surface area contributed by atoms with Crippen LogP contribution in [0.3, 0.4) is 0 Å². The van der Waals surface area contributed by atoms with Crippen LogP contribution in [0.5, 0.6) is 0 Å². The molecule has 144 valence electrons. The fourth-order valence-electron chi connectivity index (χ4n) is 3.15.